The molecule has 1 aromatic carbocycles. The number of benzene rings is 1. The number of hydrogen-bond donors (Lipinski definition) is 1. The highest BCUT2D eigenvalue weighted by atomic mass is 32.2. The molecule has 0 spiro atoms. The number of hydrogen-bond acceptors (Lipinski definition) is 7. The first kappa shape index (κ1) is 15.3. The second kappa shape index (κ2) is 6.26. The highest BCUT2D eigenvalue weighted by molar-refractivity contribution is 7.89. The van der Waals surface area contributed by atoms with E-state index < -0.39 is 10.0 Å². The van der Waals surface area contributed by atoms with Gasteiger partial charge in [-0.05, 0) is 17.3 Å². The van der Waals surface area contributed by atoms with Gasteiger partial charge in [-0.2, -0.15) is 4.80 Å². The summed E-state index contributed by atoms with van der Waals surface area (Å²) in [5.74, 6) is 0.556. The molecule has 1 N–H and O–H groups in total. The molecule has 10 heteroatoms. The number of sulfonamides is 1. The molecule has 0 aliphatic heterocycles. The van der Waals surface area contributed by atoms with E-state index in [9.17, 15) is 8.42 Å². The summed E-state index contributed by atoms with van der Waals surface area (Å²) in [4.78, 5) is 5.67. The van der Waals surface area contributed by atoms with Gasteiger partial charge in [0.2, 0.25) is 10.0 Å². The molecule has 9 nitrogen and oxygen atoms in total. The molecule has 3 aromatic rings. The molecule has 0 atom stereocenters. The first-order chi connectivity index (χ1) is 11.0. The first-order valence-electron chi connectivity index (χ1n) is 6.77. The van der Waals surface area contributed by atoms with Gasteiger partial charge in [-0.15, -0.1) is 10.2 Å². The van der Waals surface area contributed by atoms with Crippen molar-refractivity contribution in [2.45, 2.75) is 18.4 Å². The van der Waals surface area contributed by atoms with E-state index >= 15 is 0 Å². The number of oxazole rings is 1. The van der Waals surface area contributed by atoms with Gasteiger partial charge in [0.25, 0.3) is 0 Å². The van der Waals surface area contributed by atoms with Crippen LogP contribution in [0.1, 0.15) is 5.89 Å². The molecule has 0 bridgehead atoms. The topological polar surface area (TPSA) is 116 Å². The zero-order valence-corrected chi connectivity index (χ0v) is 13.1. The minimum absolute atomic E-state index is 0.170. The van der Waals surface area contributed by atoms with E-state index in [1.165, 1.54) is 29.5 Å². The van der Waals surface area contributed by atoms with Gasteiger partial charge in [-0.3, -0.25) is 0 Å². The van der Waals surface area contributed by atoms with E-state index in [4.69, 9.17) is 4.42 Å². The molecular formula is C13H14N6O3S. The fraction of sp³-hybridized carbons (Fsp3) is 0.231. The predicted molar refractivity (Wildman–Crippen MR) is 79.7 cm³/mol. The maximum atomic E-state index is 12.2. The number of rotatable bonds is 6. The summed E-state index contributed by atoms with van der Waals surface area (Å²) < 4.78 is 32.0. The van der Waals surface area contributed by atoms with Gasteiger partial charge in [0.05, 0.1) is 11.4 Å². The van der Waals surface area contributed by atoms with Crippen LogP contribution in [0.4, 0.5) is 0 Å². The van der Waals surface area contributed by atoms with Gasteiger partial charge in [-0.25, -0.2) is 18.1 Å². The smallest absolute Gasteiger partial charge is 0.240 e. The molecule has 0 fully saturated rings. The van der Waals surface area contributed by atoms with Crippen molar-refractivity contribution in [3.05, 3.63) is 42.7 Å². The summed E-state index contributed by atoms with van der Waals surface area (Å²) in [6.45, 7) is 2.22. The molecule has 0 radical (unpaired) electrons. The van der Waals surface area contributed by atoms with E-state index in [0.717, 1.165) is 5.56 Å². The molecule has 2 heterocycles. The van der Waals surface area contributed by atoms with Crippen LogP contribution in [-0.4, -0.2) is 40.2 Å². The van der Waals surface area contributed by atoms with Crippen LogP contribution in [-0.2, 0) is 16.6 Å². The van der Waals surface area contributed by atoms with Crippen molar-refractivity contribution in [2.75, 3.05) is 6.54 Å². The number of nitrogens with one attached hydrogen (secondary N) is 1. The van der Waals surface area contributed by atoms with Gasteiger partial charge in [0.15, 0.2) is 12.2 Å². The van der Waals surface area contributed by atoms with Crippen LogP contribution in [0.3, 0.4) is 0 Å². The van der Waals surface area contributed by atoms with E-state index in [1.54, 1.807) is 19.1 Å². The molecule has 0 amide bonds. The fourth-order valence-electron chi connectivity index (χ4n) is 1.96. The Morgan fingerprint density at radius 1 is 1.26 bits per heavy atom. The Labute approximate surface area is 132 Å². The first-order valence-corrected chi connectivity index (χ1v) is 8.26. The molecule has 0 aliphatic rings. The molecule has 0 saturated carbocycles. The number of tetrazole rings is 1. The zero-order valence-electron chi connectivity index (χ0n) is 12.2. The Hall–Kier alpha value is -2.59. The summed E-state index contributed by atoms with van der Waals surface area (Å²) in [5.41, 5.74) is 1.45. The summed E-state index contributed by atoms with van der Waals surface area (Å²) in [6, 6.07) is 6.42. The Kier molecular flexibility index (Phi) is 4.17. The Morgan fingerprint density at radius 2 is 2.04 bits per heavy atom. The highest BCUT2D eigenvalue weighted by Crippen LogP contribution is 2.20. The van der Waals surface area contributed by atoms with Crippen molar-refractivity contribution in [2.24, 2.45) is 0 Å². The molecule has 23 heavy (non-hydrogen) atoms. The minimum atomic E-state index is -3.59. The van der Waals surface area contributed by atoms with E-state index in [1.807, 2.05) is 0 Å². The molecular weight excluding hydrogens is 320 g/mol. The van der Waals surface area contributed by atoms with Gasteiger partial charge in [-0.1, -0.05) is 12.1 Å². The molecule has 120 valence electrons. The lowest BCUT2D eigenvalue weighted by Crippen LogP contribution is -2.28. The van der Waals surface area contributed by atoms with Crippen molar-refractivity contribution in [3.8, 4) is 11.3 Å². The number of nitrogens with zero attached hydrogens (tertiary/aromatic N) is 5. The quantitative estimate of drug-likeness (QED) is 0.702. The lowest BCUT2D eigenvalue weighted by Gasteiger charge is -2.06. The van der Waals surface area contributed by atoms with Crippen LogP contribution in [0, 0.1) is 6.92 Å². The summed E-state index contributed by atoms with van der Waals surface area (Å²) >= 11 is 0. The van der Waals surface area contributed by atoms with Gasteiger partial charge < -0.3 is 4.42 Å². The Morgan fingerprint density at radius 3 is 2.65 bits per heavy atom. The highest BCUT2D eigenvalue weighted by Gasteiger charge is 2.14. The third kappa shape index (κ3) is 3.60. The van der Waals surface area contributed by atoms with Crippen molar-refractivity contribution in [1.82, 2.24) is 29.9 Å². The van der Waals surface area contributed by atoms with E-state index in [2.05, 4.69) is 25.1 Å². The minimum Gasteiger partial charge on any atom is -0.449 e. The second-order valence-electron chi connectivity index (χ2n) is 4.71. The predicted octanol–water partition coefficient (Wildman–Crippen LogP) is 0.615. The van der Waals surface area contributed by atoms with Crippen molar-refractivity contribution >= 4 is 10.0 Å². The third-order valence-corrected chi connectivity index (χ3v) is 4.55. The average Bonchev–Trinajstić information content (AvgIpc) is 3.19. The molecule has 2 aromatic heterocycles. The van der Waals surface area contributed by atoms with E-state index in [-0.39, 0.29) is 11.4 Å². The average molecular weight is 334 g/mol. The van der Waals surface area contributed by atoms with Gasteiger partial charge in [0.1, 0.15) is 12.0 Å². The fourth-order valence-corrected chi connectivity index (χ4v) is 2.98. The monoisotopic (exact) mass is 334 g/mol. The van der Waals surface area contributed by atoms with Crippen molar-refractivity contribution < 1.29 is 12.8 Å². The Balaban J connectivity index is 1.67. The standard InChI is InChI=1S/C13H14N6O3S/c1-10-17-13(8-22-10)11-2-4-12(5-3-11)23(20,21)16-6-7-19-15-9-14-18-19/h2-5,8-9,16H,6-7H2,1H3. The van der Waals surface area contributed by atoms with Crippen LogP contribution in [0.2, 0.25) is 0 Å². The molecule has 0 aliphatic carbocycles. The third-order valence-electron chi connectivity index (χ3n) is 3.07. The lowest BCUT2D eigenvalue weighted by atomic mass is 10.2. The van der Waals surface area contributed by atoms with E-state index in [0.29, 0.717) is 18.1 Å². The van der Waals surface area contributed by atoms with Gasteiger partial charge >= 0.3 is 0 Å². The maximum absolute atomic E-state index is 12.2. The van der Waals surface area contributed by atoms with Gasteiger partial charge in [0, 0.05) is 19.0 Å². The SMILES string of the molecule is Cc1nc(-c2ccc(S(=O)(=O)NCCn3ncnn3)cc2)co1. The Bertz CT molecular complexity index is 871. The number of aryl methyl sites for hydroxylation is 1. The summed E-state index contributed by atoms with van der Waals surface area (Å²) in [7, 11) is -3.59. The summed E-state index contributed by atoms with van der Waals surface area (Å²) in [5, 5.41) is 11.0. The van der Waals surface area contributed by atoms with Crippen LogP contribution in [0.15, 0.2) is 46.2 Å². The molecule has 3 rings (SSSR count). The lowest BCUT2D eigenvalue weighted by molar-refractivity contribution is 0.511. The van der Waals surface area contributed by atoms with Crippen molar-refractivity contribution in [3.63, 3.8) is 0 Å². The van der Waals surface area contributed by atoms with Crippen LogP contribution in [0.25, 0.3) is 11.3 Å². The van der Waals surface area contributed by atoms with Crippen molar-refractivity contribution in [1.29, 1.82) is 0 Å². The second-order valence-corrected chi connectivity index (χ2v) is 6.47. The zero-order chi connectivity index (χ0) is 16.3. The van der Waals surface area contributed by atoms with Crippen LogP contribution >= 0.6 is 0 Å². The largest absolute Gasteiger partial charge is 0.449 e. The number of aromatic nitrogens is 5. The maximum Gasteiger partial charge on any atom is 0.240 e. The normalized spacial score (nSPS) is 11.7. The molecule has 0 unspecified atom stereocenters. The summed E-state index contributed by atoms with van der Waals surface area (Å²) in [6.07, 6.45) is 2.82. The van der Waals surface area contributed by atoms with Crippen LogP contribution < -0.4 is 4.72 Å². The molecule has 0 saturated heterocycles. The van der Waals surface area contributed by atoms with Crippen LogP contribution in [0.5, 0.6) is 0 Å².